The van der Waals surface area contributed by atoms with E-state index in [2.05, 4.69) is 6.07 Å². The van der Waals surface area contributed by atoms with Gasteiger partial charge in [0.05, 0.1) is 0 Å². The molecule has 0 aliphatic heterocycles. The van der Waals surface area contributed by atoms with Gasteiger partial charge in [-0.3, -0.25) is 4.79 Å². The number of primary amides is 1. The lowest BCUT2D eigenvalue weighted by atomic mass is 10.1. The summed E-state index contributed by atoms with van der Waals surface area (Å²) >= 11 is 0. The van der Waals surface area contributed by atoms with Gasteiger partial charge in [-0.25, -0.2) is 0 Å². The zero-order valence-corrected chi connectivity index (χ0v) is 5.82. The molecule has 0 aliphatic rings. The Balaban J connectivity index is 2.85. The van der Waals surface area contributed by atoms with Gasteiger partial charge in [-0.1, -0.05) is 24.3 Å². The van der Waals surface area contributed by atoms with Crippen LogP contribution in [-0.2, 0) is 4.79 Å². The van der Waals surface area contributed by atoms with E-state index in [1.165, 1.54) is 0 Å². The maximum Gasteiger partial charge on any atom is 0.250 e. The van der Waals surface area contributed by atoms with Crippen molar-refractivity contribution in [2.24, 2.45) is 5.73 Å². The molecular weight excluding hydrogens is 142 g/mol. The van der Waals surface area contributed by atoms with E-state index < -0.39 is 12.0 Å². The molecule has 0 aromatic heterocycles. The summed E-state index contributed by atoms with van der Waals surface area (Å²) in [6.07, 6.45) is -1.20. The maximum absolute atomic E-state index is 10.5. The van der Waals surface area contributed by atoms with E-state index in [1.54, 1.807) is 24.3 Å². The fraction of sp³-hybridized carbons (Fsp3) is 0.125. The Morgan fingerprint density at radius 1 is 1.55 bits per heavy atom. The van der Waals surface area contributed by atoms with Gasteiger partial charge in [-0.15, -0.1) is 0 Å². The molecule has 1 radical (unpaired) electrons. The van der Waals surface area contributed by atoms with Gasteiger partial charge in [0, 0.05) is 0 Å². The lowest BCUT2D eigenvalue weighted by molar-refractivity contribution is -0.126. The van der Waals surface area contributed by atoms with Gasteiger partial charge < -0.3 is 10.8 Å². The summed E-state index contributed by atoms with van der Waals surface area (Å²) < 4.78 is 0. The second-order valence-corrected chi connectivity index (χ2v) is 2.14. The van der Waals surface area contributed by atoms with E-state index in [0.29, 0.717) is 5.56 Å². The van der Waals surface area contributed by atoms with Gasteiger partial charge in [-0.2, -0.15) is 0 Å². The van der Waals surface area contributed by atoms with Crippen LogP contribution in [0.25, 0.3) is 0 Å². The van der Waals surface area contributed by atoms with Gasteiger partial charge in [0.1, 0.15) is 0 Å². The van der Waals surface area contributed by atoms with Crippen molar-refractivity contribution >= 4 is 5.91 Å². The Bertz CT molecular complexity index is 246. The van der Waals surface area contributed by atoms with Crippen LogP contribution in [-0.4, -0.2) is 11.0 Å². The first-order valence-corrected chi connectivity index (χ1v) is 3.15. The highest BCUT2D eigenvalue weighted by atomic mass is 16.3. The number of carbonyl (C=O) groups is 1. The van der Waals surface area contributed by atoms with Crippen LogP contribution in [0.2, 0.25) is 0 Å². The van der Waals surface area contributed by atoms with Crippen molar-refractivity contribution in [1.82, 2.24) is 0 Å². The molecule has 0 saturated heterocycles. The number of hydrogen-bond donors (Lipinski definition) is 2. The largest absolute Gasteiger partial charge is 0.378 e. The first kappa shape index (κ1) is 7.75. The van der Waals surface area contributed by atoms with Crippen molar-refractivity contribution in [3.8, 4) is 0 Å². The number of aliphatic hydroxyl groups is 1. The van der Waals surface area contributed by atoms with Crippen LogP contribution < -0.4 is 5.73 Å². The molecule has 1 atom stereocenters. The summed E-state index contributed by atoms with van der Waals surface area (Å²) in [6, 6.07) is 9.17. The molecule has 1 rings (SSSR count). The molecule has 0 saturated carbocycles. The Morgan fingerprint density at radius 3 is 2.55 bits per heavy atom. The van der Waals surface area contributed by atoms with E-state index in [4.69, 9.17) is 10.8 Å². The molecule has 1 aromatic carbocycles. The van der Waals surface area contributed by atoms with E-state index in [1.807, 2.05) is 0 Å². The number of nitrogens with two attached hydrogens (primary N) is 1. The molecule has 1 amide bonds. The summed E-state index contributed by atoms with van der Waals surface area (Å²) in [4.78, 5) is 10.5. The predicted molar refractivity (Wildman–Crippen MR) is 39.4 cm³/mol. The topological polar surface area (TPSA) is 63.3 Å². The average Bonchev–Trinajstić information content (AvgIpc) is 2.05. The molecule has 0 bridgehead atoms. The summed E-state index contributed by atoms with van der Waals surface area (Å²) in [5.41, 5.74) is 5.37. The molecule has 1 aromatic rings. The number of hydrogen-bond acceptors (Lipinski definition) is 2. The molecule has 1 unspecified atom stereocenters. The van der Waals surface area contributed by atoms with E-state index in [0.717, 1.165) is 0 Å². The maximum atomic E-state index is 10.5. The molecule has 57 valence electrons. The summed E-state index contributed by atoms with van der Waals surface area (Å²) in [6.45, 7) is 0. The van der Waals surface area contributed by atoms with E-state index in [9.17, 15) is 4.79 Å². The van der Waals surface area contributed by atoms with Gasteiger partial charge in [0.15, 0.2) is 6.10 Å². The van der Waals surface area contributed by atoms with Crippen molar-refractivity contribution in [3.63, 3.8) is 0 Å². The quantitative estimate of drug-likeness (QED) is 0.623. The molecule has 3 nitrogen and oxygen atoms in total. The summed E-state index contributed by atoms with van der Waals surface area (Å²) in [5.74, 6) is -0.740. The van der Waals surface area contributed by atoms with E-state index >= 15 is 0 Å². The number of benzene rings is 1. The molecule has 11 heavy (non-hydrogen) atoms. The highest BCUT2D eigenvalue weighted by Crippen LogP contribution is 2.09. The highest BCUT2D eigenvalue weighted by Gasteiger charge is 2.11. The Hall–Kier alpha value is -1.35. The lowest BCUT2D eigenvalue weighted by Crippen LogP contribution is -2.20. The third kappa shape index (κ3) is 1.78. The fourth-order valence-corrected chi connectivity index (χ4v) is 0.746. The molecule has 0 heterocycles. The van der Waals surface area contributed by atoms with Crippen molar-refractivity contribution in [3.05, 3.63) is 35.9 Å². The Labute approximate surface area is 64.5 Å². The second kappa shape index (κ2) is 3.16. The van der Waals surface area contributed by atoms with Crippen LogP contribution in [0.1, 0.15) is 11.7 Å². The number of carbonyl (C=O) groups excluding carboxylic acids is 1. The van der Waals surface area contributed by atoms with Crippen LogP contribution in [0.3, 0.4) is 0 Å². The number of aliphatic hydroxyl groups excluding tert-OH is 1. The monoisotopic (exact) mass is 150 g/mol. The van der Waals surface area contributed by atoms with Crippen LogP contribution >= 0.6 is 0 Å². The molecule has 0 aliphatic carbocycles. The first-order chi connectivity index (χ1) is 5.22. The highest BCUT2D eigenvalue weighted by molar-refractivity contribution is 5.79. The zero-order chi connectivity index (χ0) is 8.27. The second-order valence-electron chi connectivity index (χ2n) is 2.14. The number of rotatable bonds is 2. The number of amides is 1. The normalized spacial score (nSPS) is 12.5. The van der Waals surface area contributed by atoms with Crippen molar-refractivity contribution in [2.75, 3.05) is 0 Å². The zero-order valence-electron chi connectivity index (χ0n) is 5.82. The molecule has 0 spiro atoms. The molecule has 3 N–H and O–H groups in total. The smallest absolute Gasteiger partial charge is 0.250 e. The Kier molecular flexibility index (Phi) is 2.23. The fourth-order valence-electron chi connectivity index (χ4n) is 0.746. The predicted octanol–water partition coefficient (Wildman–Crippen LogP) is 0.00549. The average molecular weight is 150 g/mol. The van der Waals surface area contributed by atoms with Gasteiger partial charge >= 0.3 is 0 Å². The SMILES string of the molecule is NC(=O)C(O)c1cc[c]cc1. The van der Waals surface area contributed by atoms with Crippen molar-refractivity contribution in [1.29, 1.82) is 0 Å². The third-order valence-corrected chi connectivity index (χ3v) is 1.33. The summed E-state index contributed by atoms with van der Waals surface area (Å²) in [5, 5.41) is 9.11. The van der Waals surface area contributed by atoms with Gasteiger partial charge in [-0.05, 0) is 11.6 Å². The lowest BCUT2D eigenvalue weighted by Gasteiger charge is -2.04. The Morgan fingerprint density at radius 2 is 2.09 bits per heavy atom. The molecule has 3 heteroatoms. The van der Waals surface area contributed by atoms with Crippen molar-refractivity contribution in [2.45, 2.75) is 6.10 Å². The van der Waals surface area contributed by atoms with Crippen molar-refractivity contribution < 1.29 is 9.90 Å². The standard InChI is InChI=1S/C8H8NO2/c9-8(11)7(10)6-4-2-1-3-5-6/h2-5,7,10H,(H2,9,11). The van der Waals surface area contributed by atoms with Crippen LogP contribution in [0.15, 0.2) is 24.3 Å². The summed E-state index contributed by atoms with van der Waals surface area (Å²) in [7, 11) is 0. The van der Waals surface area contributed by atoms with Gasteiger partial charge in [0.2, 0.25) is 0 Å². The molecule has 0 fully saturated rings. The first-order valence-electron chi connectivity index (χ1n) is 3.15. The van der Waals surface area contributed by atoms with E-state index in [-0.39, 0.29) is 0 Å². The minimum Gasteiger partial charge on any atom is -0.378 e. The van der Waals surface area contributed by atoms with Crippen LogP contribution in [0.4, 0.5) is 0 Å². The minimum atomic E-state index is -1.20. The minimum absolute atomic E-state index is 0.497. The van der Waals surface area contributed by atoms with Crippen LogP contribution in [0.5, 0.6) is 0 Å². The molecular formula is C8H8NO2. The third-order valence-electron chi connectivity index (χ3n) is 1.33. The van der Waals surface area contributed by atoms with Gasteiger partial charge in [0.25, 0.3) is 5.91 Å². The van der Waals surface area contributed by atoms with Crippen LogP contribution in [0, 0.1) is 6.07 Å².